The zero-order valence-corrected chi connectivity index (χ0v) is 16.2. The van der Waals surface area contributed by atoms with Crippen LogP contribution in [0.5, 0.6) is 0 Å². The number of thioether (sulfide) groups is 1. The smallest absolute Gasteiger partial charge is 0.239 e. The summed E-state index contributed by atoms with van der Waals surface area (Å²) in [5.41, 5.74) is 0.750. The van der Waals surface area contributed by atoms with Crippen LogP contribution in [0.25, 0.3) is 11.4 Å². The third-order valence-electron chi connectivity index (χ3n) is 4.93. The summed E-state index contributed by atoms with van der Waals surface area (Å²) in [6.07, 6.45) is 3.17. The number of aromatic nitrogens is 3. The number of carbonyl (C=O) groups excluding carboxylic acids is 2. The van der Waals surface area contributed by atoms with Crippen LogP contribution in [0.2, 0.25) is 0 Å². The van der Waals surface area contributed by atoms with Gasteiger partial charge in [-0.3, -0.25) is 19.1 Å². The molecule has 2 aliphatic rings. The third kappa shape index (κ3) is 4.10. The van der Waals surface area contributed by atoms with Gasteiger partial charge in [-0.1, -0.05) is 11.8 Å². The lowest BCUT2D eigenvalue weighted by Crippen LogP contribution is -2.33. The summed E-state index contributed by atoms with van der Waals surface area (Å²) < 4.78 is 21.0. The fourth-order valence-corrected chi connectivity index (χ4v) is 4.30. The van der Waals surface area contributed by atoms with Crippen molar-refractivity contribution in [2.24, 2.45) is 0 Å². The zero-order chi connectivity index (χ0) is 19.5. The molecule has 0 N–H and O–H groups in total. The van der Waals surface area contributed by atoms with Gasteiger partial charge in [-0.25, -0.2) is 4.39 Å². The van der Waals surface area contributed by atoms with E-state index >= 15 is 0 Å². The van der Waals surface area contributed by atoms with Crippen LogP contribution in [0.15, 0.2) is 29.4 Å². The SMILES string of the molecule is O=C1CCCN1C(=O)CSc1nnc(-c2ccc(F)cc2)n1CC1CCCO1. The molecule has 28 heavy (non-hydrogen) atoms. The molecule has 0 aliphatic carbocycles. The molecule has 2 amide bonds. The van der Waals surface area contributed by atoms with E-state index in [0.717, 1.165) is 31.4 Å². The van der Waals surface area contributed by atoms with E-state index in [4.69, 9.17) is 4.74 Å². The largest absolute Gasteiger partial charge is 0.376 e. The van der Waals surface area contributed by atoms with Gasteiger partial charge in [0.2, 0.25) is 11.8 Å². The van der Waals surface area contributed by atoms with Gasteiger partial charge in [-0.2, -0.15) is 0 Å². The van der Waals surface area contributed by atoms with Gasteiger partial charge in [0, 0.05) is 25.1 Å². The van der Waals surface area contributed by atoms with Gasteiger partial charge in [0.05, 0.1) is 18.4 Å². The molecular formula is C19H21FN4O3S. The first kappa shape index (κ1) is 19.1. The Morgan fingerprint density at radius 3 is 2.75 bits per heavy atom. The van der Waals surface area contributed by atoms with Gasteiger partial charge in [0.1, 0.15) is 5.82 Å². The standard InChI is InChI=1S/C19H21FN4O3S/c20-14-7-5-13(6-8-14)18-21-22-19(24(18)11-15-3-2-10-27-15)28-12-17(26)23-9-1-4-16(23)25/h5-8,15H,1-4,9-12H2. The molecule has 2 fully saturated rings. The van der Waals surface area contributed by atoms with Crippen molar-refractivity contribution in [1.82, 2.24) is 19.7 Å². The maximum atomic E-state index is 13.3. The first-order valence-electron chi connectivity index (χ1n) is 9.38. The number of hydrogen-bond acceptors (Lipinski definition) is 6. The van der Waals surface area contributed by atoms with Crippen LogP contribution in [0.1, 0.15) is 25.7 Å². The molecule has 0 bridgehead atoms. The topological polar surface area (TPSA) is 77.3 Å². The van der Waals surface area contributed by atoms with Gasteiger partial charge in [0.15, 0.2) is 11.0 Å². The highest BCUT2D eigenvalue weighted by Crippen LogP contribution is 2.27. The lowest BCUT2D eigenvalue weighted by molar-refractivity contribution is -0.140. The second-order valence-corrected chi connectivity index (χ2v) is 7.83. The van der Waals surface area contributed by atoms with Crippen LogP contribution in [-0.4, -0.2) is 56.5 Å². The van der Waals surface area contributed by atoms with Crippen molar-refractivity contribution in [2.75, 3.05) is 18.9 Å². The second-order valence-electron chi connectivity index (χ2n) is 6.89. The number of carbonyl (C=O) groups is 2. The van der Waals surface area contributed by atoms with Gasteiger partial charge in [0.25, 0.3) is 0 Å². The van der Waals surface area contributed by atoms with E-state index in [-0.39, 0.29) is 29.5 Å². The number of likely N-dealkylation sites (tertiary alicyclic amines) is 1. The Morgan fingerprint density at radius 2 is 2.07 bits per heavy atom. The first-order chi connectivity index (χ1) is 13.6. The number of imide groups is 1. The molecule has 9 heteroatoms. The molecule has 1 aromatic heterocycles. The van der Waals surface area contributed by atoms with Crippen molar-refractivity contribution >= 4 is 23.6 Å². The van der Waals surface area contributed by atoms with Crippen molar-refractivity contribution in [2.45, 2.75) is 43.5 Å². The summed E-state index contributed by atoms with van der Waals surface area (Å²) in [7, 11) is 0. The average molecular weight is 404 g/mol. The molecule has 0 saturated carbocycles. The van der Waals surface area contributed by atoms with Crippen LogP contribution < -0.4 is 0 Å². The van der Waals surface area contributed by atoms with Crippen molar-refractivity contribution in [3.8, 4) is 11.4 Å². The molecule has 2 aliphatic heterocycles. The summed E-state index contributed by atoms with van der Waals surface area (Å²) in [4.78, 5) is 25.4. The number of rotatable bonds is 6. The predicted octanol–water partition coefficient (Wildman–Crippen LogP) is 2.50. The third-order valence-corrected chi connectivity index (χ3v) is 5.88. The predicted molar refractivity (Wildman–Crippen MR) is 101 cm³/mol. The lowest BCUT2D eigenvalue weighted by Gasteiger charge is -2.16. The van der Waals surface area contributed by atoms with Crippen LogP contribution in [-0.2, 0) is 20.9 Å². The molecule has 2 saturated heterocycles. The molecular weight excluding hydrogens is 383 g/mol. The Hall–Kier alpha value is -2.26. The maximum Gasteiger partial charge on any atom is 0.239 e. The van der Waals surface area contributed by atoms with E-state index in [2.05, 4.69) is 10.2 Å². The van der Waals surface area contributed by atoms with Crippen molar-refractivity contribution in [3.05, 3.63) is 30.1 Å². The summed E-state index contributed by atoms with van der Waals surface area (Å²) in [5, 5.41) is 9.11. The van der Waals surface area contributed by atoms with E-state index in [9.17, 15) is 14.0 Å². The highest BCUT2D eigenvalue weighted by molar-refractivity contribution is 7.99. The van der Waals surface area contributed by atoms with Crippen LogP contribution in [0, 0.1) is 5.82 Å². The van der Waals surface area contributed by atoms with Crippen LogP contribution in [0.3, 0.4) is 0 Å². The summed E-state index contributed by atoms with van der Waals surface area (Å²) in [5.74, 6) is 0.103. The second kappa shape index (κ2) is 8.40. The molecule has 4 rings (SSSR count). The minimum Gasteiger partial charge on any atom is -0.376 e. The quantitative estimate of drug-likeness (QED) is 0.689. The lowest BCUT2D eigenvalue weighted by atomic mass is 10.2. The molecule has 3 heterocycles. The Bertz CT molecular complexity index is 865. The van der Waals surface area contributed by atoms with Gasteiger partial charge in [-0.15, -0.1) is 10.2 Å². The fraction of sp³-hybridized carbons (Fsp3) is 0.474. The molecule has 0 spiro atoms. The number of amides is 2. The maximum absolute atomic E-state index is 13.3. The van der Waals surface area contributed by atoms with Crippen molar-refractivity contribution < 1.29 is 18.7 Å². The molecule has 1 atom stereocenters. The van der Waals surface area contributed by atoms with Crippen LogP contribution in [0.4, 0.5) is 4.39 Å². The van der Waals surface area contributed by atoms with Gasteiger partial charge < -0.3 is 4.74 Å². The molecule has 7 nitrogen and oxygen atoms in total. The van der Waals surface area contributed by atoms with E-state index in [1.807, 2.05) is 4.57 Å². The average Bonchev–Trinajstić information content (AvgIpc) is 3.43. The molecule has 0 radical (unpaired) electrons. The molecule has 148 valence electrons. The summed E-state index contributed by atoms with van der Waals surface area (Å²) >= 11 is 1.26. The van der Waals surface area contributed by atoms with E-state index < -0.39 is 0 Å². The van der Waals surface area contributed by atoms with E-state index in [0.29, 0.717) is 30.5 Å². The highest BCUT2D eigenvalue weighted by atomic mass is 32.2. The minimum absolute atomic E-state index is 0.0606. The highest BCUT2D eigenvalue weighted by Gasteiger charge is 2.27. The Morgan fingerprint density at radius 1 is 1.25 bits per heavy atom. The monoisotopic (exact) mass is 404 g/mol. The Labute approximate surface area is 166 Å². The normalized spacial score (nSPS) is 19.5. The Balaban J connectivity index is 1.54. The number of benzene rings is 1. The molecule has 2 aromatic rings. The van der Waals surface area contributed by atoms with Crippen molar-refractivity contribution in [1.29, 1.82) is 0 Å². The number of ether oxygens (including phenoxy) is 1. The van der Waals surface area contributed by atoms with Gasteiger partial charge in [-0.05, 0) is 43.5 Å². The Kier molecular flexibility index (Phi) is 5.72. The first-order valence-corrected chi connectivity index (χ1v) is 10.4. The number of halogens is 1. The minimum atomic E-state index is -0.315. The van der Waals surface area contributed by atoms with E-state index in [1.165, 1.54) is 28.8 Å². The van der Waals surface area contributed by atoms with Crippen LogP contribution >= 0.6 is 11.8 Å². The fourth-order valence-electron chi connectivity index (χ4n) is 3.48. The van der Waals surface area contributed by atoms with E-state index in [1.54, 1.807) is 12.1 Å². The summed E-state index contributed by atoms with van der Waals surface area (Å²) in [6.45, 7) is 1.79. The number of nitrogens with zero attached hydrogens (tertiary/aromatic N) is 4. The molecule has 1 aromatic carbocycles. The van der Waals surface area contributed by atoms with Crippen molar-refractivity contribution in [3.63, 3.8) is 0 Å². The zero-order valence-electron chi connectivity index (χ0n) is 15.3. The van der Waals surface area contributed by atoms with Gasteiger partial charge >= 0.3 is 0 Å². The molecule has 1 unspecified atom stereocenters. The summed E-state index contributed by atoms with van der Waals surface area (Å²) in [6, 6.07) is 6.09. The number of hydrogen-bond donors (Lipinski definition) is 0.